The van der Waals surface area contributed by atoms with Gasteiger partial charge in [0.05, 0.1) is 11.5 Å². The van der Waals surface area contributed by atoms with E-state index in [4.69, 9.17) is 4.42 Å². The highest BCUT2D eigenvalue weighted by molar-refractivity contribution is 7.91. The molecule has 3 aromatic rings. The van der Waals surface area contributed by atoms with Gasteiger partial charge in [-0.2, -0.15) is 0 Å². The number of amides is 1. The second-order valence-electron chi connectivity index (χ2n) is 6.95. The van der Waals surface area contributed by atoms with Crippen LogP contribution in [0.15, 0.2) is 65.3 Å². The van der Waals surface area contributed by atoms with Crippen LogP contribution in [0, 0.1) is 0 Å². The van der Waals surface area contributed by atoms with Gasteiger partial charge in [0, 0.05) is 19.5 Å². The average molecular weight is 383 g/mol. The first kappa shape index (κ1) is 17.8. The summed E-state index contributed by atoms with van der Waals surface area (Å²) in [5.74, 6) is 0.339. The van der Waals surface area contributed by atoms with Crippen molar-refractivity contribution < 1.29 is 17.6 Å². The molecule has 2 heterocycles. The van der Waals surface area contributed by atoms with E-state index in [-0.39, 0.29) is 24.7 Å². The van der Waals surface area contributed by atoms with E-state index in [9.17, 15) is 13.2 Å². The van der Waals surface area contributed by atoms with Crippen LogP contribution in [0.4, 0.5) is 0 Å². The molecule has 1 aromatic heterocycles. The predicted molar refractivity (Wildman–Crippen MR) is 104 cm³/mol. The Morgan fingerprint density at radius 2 is 1.81 bits per heavy atom. The Kier molecular flexibility index (Phi) is 4.74. The number of likely N-dealkylation sites (tertiary alicyclic amines) is 1. The largest absolute Gasteiger partial charge is 0.468 e. The molecule has 0 atom stereocenters. The Hall–Kier alpha value is -2.60. The fourth-order valence-electron chi connectivity index (χ4n) is 3.49. The van der Waals surface area contributed by atoms with Crippen LogP contribution in [0.5, 0.6) is 0 Å². The molecule has 4 rings (SSSR count). The molecule has 140 valence electrons. The van der Waals surface area contributed by atoms with Crippen molar-refractivity contribution in [2.75, 3.05) is 13.1 Å². The third-order valence-corrected chi connectivity index (χ3v) is 7.12. The lowest BCUT2D eigenvalue weighted by molar-refractivity contribution is -0.134. The second kappa shape index (κ2) is 7.19. The maximum atomic E-state index is 12.4. The molecule has 0 spiro atoms. The lowest BCUT2D eigenvalue weighted by Crippen LogP contribution is -2.57. The average Bonchev–Trinajstić information content (AvgIpc) is 3.10. The molecule has 0 saturated carbocycles. The Morgan fingerprint density at radius 3 is 2.59 bits per heavy atom. The van der Waals surface area contributed by atoms with Crippen LogP contribution in [0.2, 0.25) is 0 Å². The smallest absolute Gasteiger partial charge is 0.222 e. The molecule has 6 heteroatoms. The maximum Gasteiger partial charge on any atom is 0.222 e. The molecule has 0 unspecified atom stereocenters. The van der Waals surface area contributed by atoms with E-state index in [1.807, 2.05) is 24.3 Å². The van der Waals surface area contributed by atoms with E-state index in [0.29, 0.717) is 18.6 Å². The van der Waals surface area contributed by atoms with Crippen molar-refractivity contribution in [1.82, 2.24) is 4.90 Å². The molecule has 2 aromatic carbocycles. The Morgan fingerprint density at radius 1 is 1.04 bits per heavy atom. The molecule has 0 aliphatic carbocycles. The van der Waals surface area contributed by atoms with Gasteiger partial charge in [0.2, 0.25) is 5.91 Å². The fraction of sp³-hybridized carbons (Fsp3) is 0.286. The van der Waals surface area contributed by atoms with Gasteiger partial charge in [0.15, 0.2) is 9.84 Å². The van der Waals surface area contributed by atoms with Crippen molar-refractivity contribution in [3.8, 4) is 0 Å². The minimum atomic E-state index is -3.30. The third kappa shape index (κ3) is 3.76. The maximum absolute atomic E-state index is 12.4. The van der Waals surface area contributed by atoms with E-state index in [2.05, 4.69) is 18.2 Å². The Balaban J connectivity index is 1.33. The van der Waals surface area contributed by atoms with Gasteiger partial charge in [0.1, 0.15) is 11.5 Å². The van der Waals surface area contributed by atoms with Crippen LogP contribution in [-0.4, -0.2) is 37.6 Å². The van der Waals surface area contributed by atoms with Crippen LogP contribution in [-0.2, 0) is 26.8 Å². The number of carbonyl (C=O) groups is 1. The monoisotopic (exact) mass is 383 g/mol. The molecule has 0 N–H and O–H groups in total. The standard InChI is InChI=1S/C21H21NO4S/c23-21(11-10-17-7-3-6-16-5-1-2-9-20(16)17)22-13-19(14-22)27(24,25)15-18-8-4-12-26-18/h1-9,12,19H,10-11,13-15H2. The summed E-state index contributed by atoms with van der Waals surface area (Å²) >= 11 is 0. The predicted octanol–water partition coefficient (Wildman–Crippen LogP) is 3.19. The van der Waals surface area contributed by atoms with Crippen LogP contribution in [0.3, 0.4) is 0 Å². The third-order valence-electron chi connectivity index (χ3n) is 5.12. The zero-order valence-electron chi connectivity index (χ0n) is 14.9. The summed E-state index contributed by atoms with van der Waals surface area (Å²) in [5, 5.41) is 1.83. The van der Waals surface area contributed by atoms with E-state index < -0.39 is 15.1 Å². The highest BCUT2D eigenvalue weighted by Crippen LogP contribution is 2.23. The molecule has 1 saturated heterocycles. The van der Waals surface area contributed by atoms with Gasteiger partial charge in [-0.25, -0.2) is 8.42 Å². The molecular formula is C21H21NO4S. The summed E-state index contributed by atoms with van der Waals surface area (Å²) in [6, 6.07) is 17.6. The van der Waals surface area contributed by atoms with Gasteiger partial charge in [-0.15, -0.1) is 0 Å². The van der Waals surface area contributed by atoms with Gasteiger partial charge < -0.3 is 9.32 Å². The number of sulfone groups is 1. The first-order chi connectivity index (χ1) is 13.0. The van der Waals surface area contributed by atoms with Crippen molar-refractivity contribution >= 4 is 26.5 Å². The number of fused-ring (bicyclic) bond motifs is 1. The van der Waals surface area contributed by atoms with Gasteiger partial charge in [-0.1, -0.05) is 42.5 Å². The molecule has 1 fully saturated rings. The lowest BCUT2D eigenvalue weighted by atomic mass is 10.0. The summed E-state index contributed by atoms with van der Waals surface area (Å²) in [5.41, 5.74) is 1.14. The molecule has 0 bridgehead atoms. The first-order valence-electron chi connectivity index (χ1n) is 9.01. The van der Waals surface area contributed by atoms with E-state index in [0.717, 1.165) is 16.3 Å². The van der Waals surface area contributed by atoms with Gasteiger partial charge >= 0.3 is 0 Å². The quantitative estimate of drug-likeness (QED) is 0.656. The van der Waals surface area contributed by atoms with Crippen LogP contribution in [0.1, 0.15) is 17.7 Å². The van der Waals surface area contributed by atoms with Crippen molar-refractivity contribution in [3.63, 3.8) is 0 Å². The number of hydrogen-bond donors (Lipinski definition) is 0. The van der Waals surface area contributed by atoms with E-state index in [1.54, 1.807) is 17.0 Å². The molecule has 1 amide bonds. The first-order valence-corrected chi connectivity index (χ1v) is 10.7. The molecule has 27 heavy (non-hydrogen) atoms. The number of nitrogens with zero attached hydrogens (tertiary/aromatic N) is 1. The van der Waals surface area contributed by atoms with E-state index >= 15 is 0 Å². The number of hydrogen-bond acceptors (Lipinski definition) is 4. The fourth-order valence-corrected chi connectivity index (χ4v) is 5.10. The van der Waals surface area contributed by atoms with Crippen LogP contribution in [0.25, 0.3) is 10.8 Å². The van der Waals surface area contributed by atoms with Gasteiger partial charge in [-0.3, -0.25) is 4.79 Å². The van der Waals surface area contributed by atoms with E-state index in [1.165, 1.54) is 6.26 Å². The topological polar surface area (TPSA) is 67.6 Å². The normalized spacial score (nSPS) is 15.0. The highest BCUT2D eigenvalue weighted by atomic mass is 32.2. The Labute approximate surface area is 158 Å². The molecule has 0 radical (unpaired) electrons. The van der Waals surface area contributed by atoms with Crippen molar-refractivity contribution in [2.24, 2.45) is 0 Å². The number of benzene rings is 2. The van der Waals surface area contributed by atoms with Crippen molar-refractivity contribution in [3.05, 3.63) is 72.2 Å². The minimum Gasteiger partial charge on any atom is -0.468 e. The summed E-state index contributed by atoms with van der Waals surface area (Å²) in [6.07, 6.45) is 2.51. The minimum absolute atomic E-state index is 0.00684. The summed E-state index contributed by atoms with van der Waals surface area (Å²) < 4.78 is 29.9. The van der Waals surface area contributed by atoms with Crippen LogP contribution >= 0.6 is 0 Å². The second-order valence-corrected chi connectivity index (χ2v) is 9.23. The number of rotatable bonds is 6. The molecule has 5 nitrogen and oxygen atoms in total. The summed E-state index contributed by atoms with van der Waals surface area (Å²) in [4.78, 5) is 14.1. The molecule has 1 aliphatic rings. The molecule has 1 aliphatic heterocycles. The molecular weight excluding hydrogens is 362 g/mol. The number of aryl methyl sites for hydroxylation is 1. The summed E-state index contributed by atoms with van der Waals surface area (Å²) in [7, 11) is -3.30. The summed E-state index contributed by atoms with van der Waals surface area (Å²) in [6.45, 7) is 0.550. The zero-order valence-corrected chi connectivity index (χ0v) is 15.7. The highest BCUT2D eigenvalue weighted by Gasteiger charge is 2.39. The number of furan rings is 1. The van der Waals surface area contributed by atoms with Gasteiger partial charge in [0.25, 0.3) is 0 Å². The van der Waals surface area contributed by atoms with Crippen LogP contribution < -0.4 is 0 Å². The SMILES string of the molecule is O=C(CCc1cccc2ccccc12)N1CC(S(=O)(=O)Cc2ccco2)C1. The van der Waals surface area contributed by atoms with Gasteiger partial charge in [-0.05, 0) is 34.9 Å². The number of carbonyl (C=O) groups excluding carboxylic acids is 1. The van der Waals surface area contributed by atoms with Crippen molar-refractivity contribution in [1.29, 1.82) is 0 Å². The van der Waals surface area contributed by atoms with Crippen molar-refractivity contribution in [2.45, 2.75) is 23.8 Å². The Bertz CT molecular complexity index is 1050. The lowest BCUT2D eigenvalue weighted by Gasteiger charge is -2.38. The zero-order chi connectivity index (χ0) is 18.9.